The van der Waals surface area contributed by atoms with Gasteiger partial charge in [0.2, 0.25) is 5.95 Å². The molecule has 5 nitrogen and oxygen atoms in total. The minimum atomic E-state index is -0.628. The van der Waals surface area contributed by atoms with Crippen LogP contribution in [0.25, 0.3) is 10.9 Å². The molecule has 22 heavy (non-hydrogen) atoms. The van der Waals surface area contributed by atoms with Crippen molar-refractivity contribution in [1.29, 1.82) is 0 Å². The topological polar surface area (TPSA) is 70.3 Å². The Morgan fingerprint density at radius 3 is 2.27 bits per heavy atom. The van der Waals surface area contributed by atoms with Gasteiger partial charge in [0.25, 0.3) is 0 Å². The summed E-state index contributed by atoms with van der Waals surface area (Å²) in [5.74, 6) is 0.178. The molecule has 2 aromatic rings. The van der Waals surface area contributed by atoms with E-state index in [-0.39, 0.29) is 5.95 Å². The molecular formula is C15H19BClN3O2. The van der Waals surface area contributed by atoms with Crippen molar-refractivity contribution in [3.05, 3.63) is 22.7 Å². The Morgan fingerprint density at radius 1 is 1.09 bits per heavy atom. The molecule has 3 rings (SSSR count). The summed E-state index contributed by atoms with van der Waals surface area (Å²) in [6, 6.07) is 3.79. The molecule has 0 aliphatic carbocycles. The third-order valence-corrected chi connectivity index (χ3v) is 5.00. The van der Waals surface area contributed by atoms with Crippen LogP contribution < -0.4 is 11.3 Å². The van der Waals surface area contributed by atoms with Crippen LogP contribution in [0.15, 0.2) is 12.1 Å². The third-order valence-electron chi connectivity index (χ3n) is 4.52. The van der Waals surface area contributed by atoms with E-state index in [0.29, 0.717) is 16.1 Å². The van der Waals surface area contributed by atoms with E-state index in [0.717, 1.165) is 10.9 Å². The van der Waals surface area contributed by atoms with Gasteiger partial charge in [0, 0.05) is 5.39 Å². The van der Waals surface area contributed by atoms with Gasteiger partial charge in [0.05, 0.1) is 27.3 Å². The van der Waals surface area contributed by atoms with Gasteiger partial charge in [-0.15, -0.1) is 0 Å². The zero-order chi connectivity index (χ0) is 16.3. The molecule has 0 unspecified atom stereocenters. The lowest BCUT2D eigenvalue weighted by Gasteiger charge is -2.32. The quantitative estimate of drug-likeness (QED) is 0.818. The van der Waals surface area contributed by atoms with Crippen LogP contribution in [0, 0.1) is 6.92 Å². The van der Waals surface area contributed by atoms with Crippen molar-refractivity contribution < 1.29 is 9.31 Å². The average Bonchev–Trinajstić information content (AvgIpc) is 2.62. The number of hydrogen-bond donors (Lipinski definition) is 1. The van der Waals surface area contributed by atoms with Crippen molar-refractivity contribution in [2.24, 2.45) is 0 Å². The molecule has 1 aromatic carbocycles. The molecule has 0 bridgehead atoms. The minimum absolute atomic E-state index is 0.178. The molecule has 0 amide bonds. The second kappa shape index (κ2) is 4.81. The summed E-state index contributed by atoms with van der Waals surface area (Å²) in [6.07, 6.45) is 0. The summed E-state index contributed by atoms with van der Waals surface area (Å²) in [4.78, 5) is 8.60. The van der Waals surface area contributed by atoms with E-state index in [9.17, 15) is 0 Å². The SMILES string of the molecule is Cc1ccc2nc(N)nc(B3OC(C)(C)C(C)(C)O3)c2c1Cl. The Morgan fingerprint density at radius 2 is 1.68 bits per heavy atom. The zero-order valence-corrected chi connectivity index (χ0v) is 14.2. The average molecular weight is 320 g/mol. The van der Waals surface area contributed by atoms with Gasteiger partial charge in [0.1, 0.15) is 0 Å². The number of halogens is 1. The number of rotatable bonds is 1. The number of nitrogen functional groups attached to an aromatic ring is 1. The van der Waals surface area contributed by atoms with Crippen LogP contribution in [0.3, 0.4) is 0 Å². The highest BCUT2D eigenvalue weighted by atomic mass is 35.5. The maximum atomic E-state index is 6.47. The number of fused-ring (bicyclic) bond motifs is 1. The Labute approximate surface area is 135 Å². The summed E-state index contributed by atoms with van der Waals surface area (Å²) in [7, 11) is -0.628. The molecule has 0 atom stereocenters. The fraction of sp³-hybridized carbons (Fsp3) is 0.467. The van der Waals surface area contributed by atoms with E-state index in [1.54, 1.807) is 0 Å². The minimum Gasteiger partial charge on any atom is -0.398 e. The highest BCUT2D eigenvalue weighted by Crippen LogP contribution is 2.37. The first kappa shape index (κ1) is 15.5. The van der Waals surface area contributed by atoms with E-state index < -0.39 is 18.3 Å². The molecule has 7 heteroatoms. The van der Waals surface area contributed by atoms with Crippen LogP contribution in [0.4, 0.5) is 5.95 Å². The fourth-order valence-corrected chi connectivity index (χ4v) is 2.72. The zero-order valence-electron chi connectivity index (χ0n) is 13.4. The van der Waals surface area contributed by atoms with Gasteiger partial charge in [-0.25, -0.2) is 9.97 Å². The molecule has 116 valence electrons. The number of nitrogens with zero attached hydrogens (tertiary/aromatic N) is 2. The first-order chi connectivity index (χ1) is 10.1. The van der Waals surface area contributed by atoms with Gasteiger partial charge < -0.3 is 15.0 Å². The lowest BCUT2D eigenvalue weighted by atomic mass is 9.81. The normalized spacial score (nSPS) is 19.8. The van der Waals surface area contributed by atoms with Gasteiger partial charge in [-0.2, -0.15) is 0 Å². The number of benzene rings is 1. The Bertz CT molecular complexity index is 748. The smallest absolute Gasteiger partial charge is 0.398 e. The molecule has 2 N–H and O–H groups in total. The first-order valence-electron chi connectivity index (χ1n) is 7.20. The van der Waals surface area contributed by atoms with Gasteiger partial charge in [-0.05, 0) is 46.2 Å². The maximum absolute atomic E-state index is 6.47. The second-order valence-electron chi connectivity index (χ2n) is 6.65. The van der Waals surface area contributed by atoms with Crippen molar-refractivity contribution in [1.82, 2.24) is 9.97 Å². The number of aryl methyl sites for hydroxylation is 1. The van der Waals surface area contributed by atoms with Gasteiger partial charge >= 0.3 is 7.12 Å². The summed E-state index contributed by atoms with van der Waals surface area (Å²) in [5, 5.41) is 1.33. The maximum Gasteiger partial charge on any atom is 0.515 e. The Balaban J connectivity index is 2.22. The van der Waals surface area contributed by atoms with Crippen molar-refractivity contribution >= 4 is 41.2 Å². The predicted octanol–water partition coefficient (Wildman–Crippen LogP) is 2.47. The van der Waals surface area contributed by atoms with E-state index in [2.05, 4.69) is 9.97 Å². The number of aromatic nitrogens is 2. The standard InChI is InChI=1S/C15H19BClN3O2/c1-8-6-7-9-10(11(8)17)12(20-13(18)19-9)16-21-14(2,3)15(4,5)22-16/h6-7H,1-5H3,(H2,18,19,20). The lowest BCUT2D eigenvalue weighted by molar-refractivity contribution is 0.00578. The second-order valence-corrected chi connectivity index (χ2v) is 7.02. The Kier molecular flexibility index (Phi) is 3.40. The van der Waals surface area contributed by atoms with Crippen LogP contribution in [0.2, 0.25) is 5.02 Å². The van der Waals surface area contributed by atoms with Gasteiger partial charge in [-0.1, -0.05) is 17.7 Å². The molecule has 1 aromatic heterocycles. The first-order valence-corrected chi connectivity index (χ1v) is 7.58. The number of hydrogen-bond acceptors (Lipinski definition) is 5. The van der Waals surface area contributed by atoms with Crippen LogP contribution >= 0.6 is 11.6 Å². The molecule has 0 spiro atoms. The lowest BCUT2D eigenvalue weighted by Crippen LogP contribution is -2.41. The number of nitrogens with two attached hydrogens (primary N) is 1. The third kappa shape index (κ3) is 2.26. The van der Waals surface area contributed by atoms with Crippen LogP contribution in [0.5, 0.6) is 0 Å². The van der Waals surface area contributed by atoms with Crippen LogP contribution in [0.1, 0.15) is 33.3 Å². The molecule has 1 aliphatic rings. The van der Waals surface area contributed by atoms with Crippen LogP contribution in [-0.2, 0) is 9.31 Å². The predicted molar refractivity (Wildman–Crippen MR) is 89.4 cm³/mol. The fourth-order valence-electron chi connectivity index (χ4n) is 2.46. The summed E-state index contributed by atoms with van der Waals surface area (Å²) >= 11 is 6.47. The molecule has 2 heterocycles. The molecular weight excluding hydrogens is 300 g/mol. The highest BCUT2D eigenvalue weighted by molar-refractivity contribution is 6.65. The summed E-state index contributed by atoms with van der Waals surface area (Å²) in [6.45, 7) is 9.91. The van der Waals surface area contributed by atoms with Crippen LogP contribution in [-0.4, -0.2) is 28.3 Å². The van der Waals surface area contributed by atoms with E-state index >= 15 is 0 Å². The van der Waals surface area contributed by atoms with Crippen molar-refractivity contribution in [3.63, 3.8) is 0 Å². The molecule has 1 fully saturated rings. The molecule has 1 saturated heterocycles. The van der Waals surface area contributed by atoms with Crippen molar-refractivity contribution in [2.75, 3.05) is 5.73 Å². The molecule has 1 aliphatic heterocycles. The largest absolute Gasteiger partial charge is 0.515 e. The van der Waals surface area contributed by atoms with E-state index in [4.69, 9.17) is 26.6 Å². The molecule has 0 radical (unpaired) electrons. The Hall–Kier alpha value is -1.37. The van der Waals surface area contributed by atoms with Crippen molar-refractivity contribution in [3.8, 4) is 0 Å². The monoisotopic (exact) mass is 319 g/mol. The van der Waals surface area contributed by atoms with Crippen molar-refractivity contribution in [2.45, 2.75) is 45.8 Å². The van der Waals surface area contributed by atoms with Gasteiger partial charge in [0.15, 0.2) is 0 Å². The molecule has 0 saturated carbocycles. The summed E-state index contributed by atoms with van der Waals surface area (Å²) in [5.41, 5.74) is 7.13. The highest BCUT2D eigenvalue weighted by Gasteiger charge is 2.53. The van der Waals surface area contributed by atoms with E-state index in [1.807, 2.05) is 46.8 Å². The van der Waals surface area contributed by atoms with E-state index in [1.165, 1.54) is 0 Å². The number of anilines is 1. The van der Waals surface area contributed by atoms with Gasteiger partial charge in [-0.3, -0.25) is 0 Å². The summed E-state index contributed by atoms with van der Waals surface area (Å²) < 4.78 is 12.2.